The first-order valence-electron chi connectivity index (χ1n) is 8.24. The molecule has 0 aliphatic carbocycles. The van der Waals surface area contributed by atoms with Crippen LogP contribution in [0.4, 0.5) is 5.69 Å². The van der Waals surface area contributed by atoms with E-state index >= 15 is 0 Å². The maximum atomic E-state index is 12.2. The lowest BCUT2D eigenvalue weighted by molar-refractivity contribution is -0.00522. The molecule has 3 rings (SSSR count). The summed E-state index contributed by atoms with van der Waals surface area (Å²) >= 11 is 6.97. The Balaban J connectivity index is 1.63. The molecule has 26 heavy (non-hydrogen) atoms. The SMILES string of the molecule is C[C@@H]1CN(c2ccnc(C(=O)OCC(=O)c3ccc(Cl)s3)c2)C[C@@H](C)O1. The van der Waals surface area contributed by atoms with Gasteiger partial charge in [0.2, 0.25) is 5.78 Å². The van der Waals surface area contributed by atoms with Gasteiger partial charge in [-0.1, -0.05) is 11.6 Å². The topological polar surface area (TPSA) is 68.7 Å². The van der Waals surface area contributed by atoms with Gasteiger partial charge in [0.15, 0.2) is 6.61 Å². The molecule has 3 heterocycles. The Morgan fingerprint density at radius 2 is 2.04 bits per heavy atom. The van der Waals surface area contributed by atoms with Gasteiger partial charge in [0.05, 0.1) is 21.4 Å². The molecule has 6 nitrogen and oxygen atoms in total. The van der Waals surface area contributed by atoms with E-state index in [4.69, 9.17) is 21.1 Å². The zero-order valence-electron chi connectivity index (χ0n) is 14.5. The van der Waals surface area contributed by atoms with E-state index < -0.39 is 5.97 Å². The largest absolute Gasteiger partial charge is 0.453 e. The Morgan fingerprint density at radius 1 is 1.31 bits per heavy atom. The molecule has 2 aromatic rings. The number of aromatic nitrogens is 1. The van der Waals surface area contributed by atoms with E-state index in [9.17, 15) is 9.59 Å². The van der Waals surface area contributed by atoms with Gasteiger partial charge in [-0.25, -0.2) is 9.78 Å². The molecule has 0 aromatic carbocycles. The lowest BCUT2D eigenvalue weighted by atomic mass is 10.2. The molecule has 0 unspecified atom stereocenters. The minimum absolute atomic E-state index is 0.109. The number of thiophene rings is 1. The first-order chi connectivity index (χ1) is 12.4. The quantitative estimate of drug-likeness (QED) is 0.571. The van der Waals surface area contributed by atoms with Crippen molar-refractivity contribution in [2.75, 3.05) is 24.6 Å². The third-order valence-corrected chi connectivity index (χ3v) is 5.19. The van der Waals surface area contributed by atoms with Crippen LogP contribution in [0.15, 0.2) is 30.5 Å². The van der Waals surface area contributed by atoms with Gasteiger partial charge in [-0.15, -0.1) is 11.3 Å². The molecular weight excluding hydrogens is 376 g/mol. The number of ketones is 1. The van der Waals surface area contributed by atoms with Crippen LogP contribution in [0.2, 0.25) is 4.34 Å². The van der Waals surface area contributed by atoms with Crippen LogP contribution in [0, 0.1) is 0 Å². The summed E-state index contributed by atoms with van der Waals surface area (Å²) in [4.78, 5) is 30.9. The second-order valence-electron chi connectivity index (χ2n) is 6.16. The molecule has 0 bridgehead atoms. The summed E-state index contributed by atoms with van der Waals surface area (Å²) in [6, 6.07) is 6.78. The second-order valence-corrected chi connectivity index (χ2v) is 7.88. The van der Waals surface area contributed by atoms with Crippen molar-refractivity contribution < 1.29 is 19.1 Å². The minimum Gasteiger partial charge on any atom is -0.453 e. The van der Waals surface area contributed by atoms with Crippen LogP contribution in [-0.4, -0.2) is 48.6 Å². The van der Waals surface area contributed by atoms with E-state index in [-0.39, 0.29) is 30.3 Å². The predicted molar refractivity (Wildman–Crippen MR) is 100 cm³/mol. The minimum atomic E-state index is -0.628. The molecule has 8 heteroatoms. The van der Waals surface area contributed by atoms with Crippen molar-refractivity contribution in [2.45, 2.75) is 26.1 Å². The summed E-state index contributed by atoms with van der Waals surface area (Å²) in [5.41, 5.74) is 1.05. The number of halogens is 1. The molecule has 138 valence electrons. The van der Waals surface area contributed by atoms with Crippen LogP contribution in [0.1, 0.15) is 34.0 Å². The number of morpholine rings is 1. The first-order valence-corrected chi connectivity index (χ1v) is 9.44. The summed E-state index contributed by atoms with van der Waals surface area (Å²) in [5.74, 6) is -0.917. The van der Waals surface area contributed by atoms with Gasteiger partial charge in [0.25, 0.3) is 0 Å². The standard InChI is InChI=1S/C18H19ClN2O4S/c1-11-8-21(9-12(2)25-11)13-5-6-20-14(7-13)18(23)24-10-15(22)16-3-4-17(19)26-16/h3-7,11-12H,8-10H2,1-2H3/t11-,12-/m1/s1. The number of carbonyl (C=O) groups excluding carboxylic acids is 2. The van der Waals surface area contributed by atoms with E-state index in [1.54, 1.807) is 24.4 Å². The van der Waals surface area contributed by atoms with Crippen LogP contribution in [-0.2, 0) is 9.47 Å². The maximum Gasteiger partial charge on any atom is 0.357 e. The summed E-state index contributed by atoms with van der Waals surface area (Å²) < 4.78 is 11.4. The van der Waals surface area contributed by atoms with Gasteiger partial charge in [-0.2, -0.15) is 0 Å². The van der Waals surface area contributed by atoms with Crippen molar-refractivity contribution in [3.05, 3.63) is 45.4 Å². The van der Waals surface area contributed by atoms with Crippen molar-refractivity contribution in [3.8, 4) is 0 Å². The van der Waals surface area contributed by atoms with Gasteiger partial charge in [-0.3, -0.25) is 4.79 Å². The van der Waals surface area contributed by atoms with Crippen molar-refractivity contribution in [2.24, 2.45) is 0 Å². The number of carbonyl (C=O) groups is 2. The fraction of sp³-hybridized carbons (Fsp3) is 0.389. The normalized spacial score (nSPS) is 20.0. The van der Waals surface area contributed by atoms with Crippen LogP contribution in [0.25, 0.3) is 0 Å². The van der Waals surface area contributed by atoms with Gasteiger partial charge >= 0.3 is 5.97 Å². The monoisotopic (exact) mass is 394 g/mol. The Bertz CT molecular complexity index is 800. The lowest BCUT2D eigenvalue weighted by Gasteiger charge is -2.36. The molecule has 0 radical (unpaired) electrons. The molecule has 1 aliphatic rings. The molecule has 2 atom stereocenters. The number of ether oxygens (including phenoxy) is 2. The fourth-order valence-electron chi connectivity index (χ4n) is 2.86. The van der Waals surface area contributed by atoms with Gasteiger partial charge in [0.1, 0.15) is 5.69 Å². The molecule has 1 saturated heterocycles. The number of rotatable bonds is 5. The highest BCUT2D eigenvalue weighted by atomic mass is 35.5. The van der Waals surface area contributed by atoms with E-state index in [0.29, 0.717) is 9.21 Å². The highest BCUT2D eigenvalue weighted by Gasteiger charge is 2.23. The van der Waals surface area contributed by atoms with Crippen LogP contribution >= 0.6 is 22.9 Å². The summed E-state index contributed by atoms with van der Waals surface area (Å²) in [5, 5.41) is 0. The Kier molecular flexibility index (Phi) is 5.90. The molecule has 0 amide bonds. The molecule has 1 fully saturated rings. The third kappa shape index (κ3) is 4.60. The van der Waals surface area contributed by atoms with Gasteiger partial charge in [0, 0.05) is 25.0 Å². The average Bonchev–Trinajstić information content (AvgIpc) is 3.05. The number of hydrogen-bond acceptors (Lipinski definition) is 7. The van der Waals surface area contributed by atoms with Crippen molar-refractivity contribution >= 4 is 40.4 Å². The summed E-state index contributed by atoms with van der Waals surface area (Å²) in [7, 11) is 0. The van der Waals surface area contributed by atoms with E-state index in [0.717, 1.165) is 30.1 Å². The van der Waals surface area contributed by atoms with Gasteiger partial charge in [-0.05, 0) is 38.1 Å². The van der Waals surface area contributed by atoms with E-state index in [2.05, 4.69) is 9.88 Å². The van der Waals surface area contributed by atoms with Crippen molar-refractivity contribution in [1.29, 1.82) is 0 Å². The fourth-order valence-corrected chi connectivity index (χ4v) is 3.82. The zero-order chi connectivity index (χ0) is 18.7. The molecule has 0 N–H and O–H groups in total. The third-order valence-electron chi connectivity index (χ3n) is 3.92. The second kappa shape index (κ2) is 8.16. The lowest BCUT2D eigenvalue weighted by Crippen LogP contribution is -2.45. The zero-order valence-corrected chi connectivity index (χ0v) is 16.0. The van der Waals surface area contributed by atoms with Crippen molar-refractivity contribution in [3.63, 3.8) is 0 Å². The van der Waals surface area contributed by atoms with Gasteiger partial charge < -0.3 is 14.4 Å². The number of pyridine rings is 1. The molecule has 2 aromatic heterocycles. The highest BCUT2D eigenvalue weighted by Crippen LogP contribution is 2.23. The Morgan fingerprint density at radius 3 is 2.69 bits per heavy atom. The predicted octanol–water partition coefficient (Wildman–Crippen LogP) is 3.45. The molecule has 1 aliphatic heterocycles. The average molecular weight is 395 g/mol. The number of nitrogens with zero attached hydrogens (tertiary/aromatic N) is 2. The Hall–Kier alpha value is -1.96. The molecular formula is C18H19ClN2O4S. The van der Waals surface area contributed by atoms with Crippen LogP contribution < -0.4 is 4.90 Å². The summed E-state index contributed by atoms with van der Waals surface area (Å²) in [6.07, 6.45) is 1.78. The number of hydrogen-bond donors (Lipinski definition) is 0. The van der Waals surface area contributed by atoms with Crippen LogP contribution in [0.3, 0.4) is 0 Å². The molecule has 0 saturated carbocycles. The Labute approximate surface area is 160 Å². The highest BCUT2D eigenvalue weighted by molar-refractivity contribution is 7.18. The van der Waals surface area contributed by atoms with Crippen molar-refractivity contribution in [1.82, 2.24) is 4.98 Å². The maximum absolute atomic E-state index is 12.2. The molecule has 0 spiro atoms. The number of esters is 1. The first kappa shape index (κ1) is 18.8. The number of Topliss-reactive ketones (excluding diaryl/α,β-unsaturated/α-hetero) is 1. The smallest absolute Gasteiger partial charge is 0.357 e. The van der Waals surface area contributed by atoms with E-state index in [1.807, 2.05) is 19.9 Å². The van der Waals surface area contributed by atoms with Crippen LogP contribution in [0.5, 0.6) is 0 Å². The summed E-state index contributed by atoms with van der Waals surface area (Å²) in [6.45, 7) is 5.16. The number of anilines is 1. The van der Waals surface area contributed by atoms with E-state index in [1.165, 1.54) is 0 Å².